The number of nitrogens with zero attached hydrogens (tertiary/aromatic N) is 7. The Balaban J connectivity index is 1.24. The van der Waals surface area contributed by atoms with Crippen molar-refractivity contribution in [2.75, 3.05) is 69.0 Å². The molecule has 6 rings (SSSR count). The van der Waals surface area contributed by atoms with Gasteiger partial charge in [-0.1, -0.05) is 12.6 Å². The van der Waals surface area contributed by atoms with Crippen molar-refractivity contribution in [3.8, 4) is 17.0 Å². The molecular weight excluding hydrogens is 542 g/mol. The molecule has 0 spiro atoms. The third kappa shape index (κ3) is 6.18. The number of likely N-dealkylation sites (N-methyl/N-ethyl adjacent to an activating group) is 1. The van der Waals surface area contributed by atoms with Gasteiger partial charge in [-0.2, -0.15) is 5.10 Å². The molecule has 2 aliphatic heterocycles. The molecule has 2 saturated heterocycles. The van der Waals surface area contributed by atoms with Crippen LogP contribution in [-0.2, 0) is 11.8 Å². The predicted molar refractivity (Wildman–Crippen MR) is 171 cm³/mol. The maximum absolute atomic E-state index is 12.5. The molecule has 0 radical (unpaired) electrons. The van der Waals surface area contributed by atoms with Crippen LogP contribution in [0.3, 0.4) is 0 Å². The Kier molecular flexibility index (Phi) is 8.26. The fraction of sp³-hybridized carbons (Fsp3) is 0.375. The number of rotatable bonds is 8. The first kappa shape index (κ1) is 28.6. The van der Waals surface area contributed by atoms with Crippen molar-refractivity contribution in [3.63, 3.8) is 0 Å². The number of carbonyl (C=O) groups excluding carboxylic acids is 1. The average Bonchev–Trinajstić information content (AvgIpc) is 3.41. The van der Waals surface area contributed by atoms with Gasteiger partial charge in [-0.05, 0) is 44.2 Å². The van der Waals surface area contributed by atoms with Crippen LogP contribution in [0.4, 0.5) is 22.9 Å². The van der Waals surface area contributed by atoms with E-state index >= 15 is 0 Å². The zero-order chi connectivity index (χ0) is 29.9. The van der Waals surface area contributed by atoms with Gasteiger partial charge in [0.15, 0.2) is 0 Å². The minimum atomic E-state index is -0.264. The number of fused-ring (bicyclic) bond motifs is 1. The Bertz CT molecular complexity index is 1620. The summed E-state index contributed by atoms with van der Waals surface area (Å²) in [5.41, 5.74) is 5.11. The lowest BCUT2D eigenvalue weighted by atomic mass is 10.0. The monoisotopic (exact) mass is 581 g/mol. The van der Waals surface area contributed by atoms with Crippen LogP contribution >= 0.6 is 0 Å². The molecule has 2 aliphatic rings. The summed E-state index contributed by atoms with van der Waals surface area (Å²) in [6.07, 6.45) is 6.83. The highest BCUT2D eigenvalue weighted by Crippen LogP contribution is 2.40. The van der Waals surface area contributed by atoms with Crippen molar-refractivity contribution in [1.82, 2.24) is 29.5 Å². The lowest BCUT2D eigenvalue weighted by Gasteiger charge is -2.43. The number of hydrogen-bond acceptors (Lipinski definition) is 9. The molecule has 0 unspecified atom stereocenters. The summed E-state index contributed by atoms with van der Waals surface area (Å²) in [7, 11) is 5.77. The first-order valence-corrected chi connectivity index (χ1v) is 14.8. The second-order valence-corrected chi connectivity index (χ2v) is 11.3. The number of piperazine rings is 1. The van der Waals surface area contributed by atoms with Gasteiger partial charge in [0, 0.05) is 75.4 Å². The first-order valence-electron chi connectivity index (χ1n) is 14.8. The van der Waals surface area contributed by atoms with Crippen molar-refractivity contribution in [2.45, 2.75) is 18.9 Å². The van der Waals surface area contributed by atoms with E-state index in [-0.39, 0.29) is 5.91 Å². The summed E-state index contributed by atoms with van der Waals surface area (Å²) < 4.78 is 7.69. The summed E-state index contributed by atoms with van der Waals surface area (Å²) in [5, 5.41) is 11.8. The van der Waals surface area contributed by atoms with E-state index in [1.54, 1.807) is 7.11 Å². The van der Waals surface area contributed by atoms with Crippen LogP contribution in [-0.4, -0.2) is 94.9 Å². The number of benzene rings is 2. The third-order valence-electron chi connectivity index (χ3n) is 8.59. The minimum absolute atomic E-state index is 0.264. The van der Waals surface area contributed by atoms with E-state index in [0.29, 0.717) is 29.0 Å². The van der Waals surface area contributed by atoms with E-state index < -0.39 is 0 Å². The normalized spacial score (nSPS) is 16.8. The molecule has 2 N–H and O–H groups in total. The van der Waals surface area contributed by atoms with Crippen molar-refractivity contribution < 1.29 is 9.53 Å². The molecule has 2 aromatic heterocycles. The van der Waals surface area contributed by atoms with Gasteiger partial charge in [0.1, 0.15) is 17.9 Å². The van der Waals surface area contributed by atoms with Crippen LogP contribution in [0.25, 0.3) is 22.2 Å². The Labute approximate surface area is 252 Å². The highest BCUT2D eigenvalue weighted by atomic mass is 16.5. The predicted octanol–water partition coefficient (Wildman–Crippen LogP) is 4.12. The highest BCUT2D eigenvalue weighted by molar-refractivity contribution is 6.02. The lowest BCUT2D eigenvalue weighted by Crippen LogP contribution is -2.52. The number of aryl methyl sites for hydroxylation is 1. The zero-order valence-electron chi connectivity index (χ0n) is 25.1. The molecule has 4 aromatic rings. The second-order valence-electron chi connectivity index (χ2n) is 11.3. The van der Waals surface area contributed by atoms with Crippen LogP contribution in [0.15, 0.2) is 61.6 Å². The SMILES string of the molecule is C=CC(=O)Nc1cc(Nc2cc(-c3ccc4c(cnn4C)c3)ncn2)c(OC)cc1N1CCC(N2CCN(C)CC2)CC1. The number of methoxy groups -OCH3 is 1. The molecule has 1 amide bonds. The third-order valence-corrected chi connectivity index (χ3v) is 8.59. The molecule has 0 atom stereocenters. The van der Waals surface area contributed by atoms with Crippen LogP contribution in [0.5, 0.6) is 5.75 Å². The van der Waals surface area contributed by atoms with Gasteiger partial charge in [-0.3, -0.25) is 14.4 Å². The van der Waals surface area contributed by atoms with Gasteiger partial charge in [-0.15, -0.1) is 0 Å². The van der Waals surface area contributed by atoms with Crippen molar-refractivity contribution in [2.24, 2.45) is 7.05 Å². The maximum atomic E-state index is 12.5. The molecule has 0 bridgehead atoms. The van der Waals surface area contributed by atoms with Gasteiger partial charge in [0.2, 0.25) is 5.91 Å². The van der Waals surface area contributed by atoms with Crippen LogP contribution in [0.1, 0.15) is 12.8 Å². The van der Waals surface area contributed by atoms with E-state index in [0.717, 1.165) is 80.0 Å². The second kappa shape index (κ2) is 12.4. The topological polar surface area (TPSA) is 104 Å². The quantitative estimate of drug-likeness (QED) is 0.298. The fourth-order valence-electron chi connectivity index (χ4n) is 6.08. The van der Waals surface area contributed by atoms with Crippen molar-refractivity contribution in [1.29, 1.82) is 0 Å². The van der Waals surface area contributed by atoms with E-state index in [4.69, 9.17) is 4.74 Å². The van der Waals surface area contributed by atoms with Crippen molar-refractivity contribution >= 4 is 39.7 Å². The van der Waals surface area contributed by atoms with Gasteiger partial charge < -0.3 is 25.2 Å². The lowest BCUT2D eigenvalue weighted by molar-refractivity contribution is -0.111. The number of carbonyl (C=O) groups is 1. The molecular formula is C32H39N9O2. The summed E-state index contributed by atoms with van der Waals surface area (Å²) in [6, 6.07) is 12.5. The fourth-order valence-corrected chi connectivity index (χ4v) is 6.08. The molecule has 0 saturated carbocycles. The molecule has 11 nitrogen and oxygen atoms in total. The maximum Gasteiger partial charge on any atom is 0.247 e. The van der Waals surface area contributed by atoms with E-state index in [2.05, 4.69) is 60.1 Å². The van der Waals surface area contributed by atoms with Crippen LogP contribution in [0.2, 0.25) is 0 Å². The van der Waals surface area contributed by atoms with Crippen molar-refractivity contribution in [3.05, 3.63) is 61.6 Å². The number of hydrogen-bond donors (Lipinski definition) is 2. The largest absolute Gasteiger partial charge is 0.494 e. The Morgan fingerprint density at radius 3 is 2.53 bits per heavy atom. The molecule has 224 valence electrons. The molecule has 43 heavy (non-hydrogen) atoms. The smallest absolute Gasteiger partial charge is 0.247 e. The van der Waals surface area contributed by atoms with Crippen LogP contribution in [0, 0.1) is 0 Å². The number of nitrogens with one attached hydrogen (secondary N) is 2. The van der Waals surface area contributed by atoms with Gasteiger partial charge in [0.05, 0.1) is 41.6 Å². The average molecular weight is 582 g/mol. The van der Waals surface area contributed by atoms with Gasteiger partial charge in [0.25, 0.3) is 0 Å². The minimum Gasteiger partial charge on any atom is -0.494 e. The highest BCUT2D eigenvalue weighted by Gasteiger charge is 2.28. The van der Waals surface area contributed by atoms with E-state index in [1.807, 2.05) is 48.3 Å². The molecule has 2 fully saturated rings. The molecule has 2 aromatic carbocycles. The standard InChI is InChI=1S/C32H39N9O2/c1-5-32(42)37-26-17-27(36-31-18-25(33-21-34-31)22-6-7-28-23(16-22)20-35-39(28)3)30(43-4)19-29(26)41-10-8-24(9-11-41)40-14-12-38(2)13-15-40/h5-7,16-21,24H,1,8-15H2,2-4H3,(H,37,42)(H,33,34,36). The molecule has 4 heterocycles. The molecule has 11 heteroatoms. The Morgan fingerprint density at radius 2 is 1.79 bits per heavy atom. The summed E-state index contributed by atoms with van der Waals surface area (Å²) in [5.74, 6) is 1.00. The number of piperidine rings is 1. The summed E-state index contributed by atoms with van der Waals surface area (Å²) in [4.78, 5) is 28.8. The number of amides is 1. The van der Waals surface area contributed by atoms with Gasteiger partial charge >= 0.3 is 0 Å². The number of anilines is 4. The first-order chi connectivity index (χ1) is 20.9. The Hall–Kier alpha value is -4.48. The number of aromatic nitrogens is 4. The number of ether oxygens (including phenoxy) is 1. The van der Waals surface area contributed by atoms with E-state index in [9.17, 15) is 4.79 Å². The molecule has 0 aliphatic carbocycles. The Morgan fingerprint density at radius 1 is 1.00 bits per heavy atom. The van der Waals surface area contributed by atoms with Gasteiger partial charge in [-0.25, -0.2) is 9.97 Å². The summed E-state index contributed by atoms with van der Waals surface area (Å²) >= 11 is 0. The zero-order valence-corrected chi connectivity index (χ0v) is 25.1. The summed E-state index contributed by atoms with van der Waals surface area (Å²) in [6.45, 7) is 9.95. The van der Waals surface area contributed by atoms with E-state index in [1.165, 1.54) is 12.4 Å². The van der Waals surface area contributed by atoms with Crippen LogP contribution < -0.4 is 20.3 Å².